The molecule has 0 bridgehead atoms. The van der Waals surface area contributed by atoms with Crippen LogP contribution in [0.1, 0.15) is 22.6 Å². The summed E-state index contributed by atoms with van der Waals surface area (Å²) in [6.45, 7) is 0.311. The van der Waals surface area contributed by atoms with Crippen molar-refractivity contribution in [3.63, 3.8) is 0 Å². The van der Waals surface area contributed by atoms with E-state index in [2.05, 4.69) is 41.7 Å². The highest BCUT2D eigenvalue weighted by Gasteiger charge is 2.32. The van der Waals surface area contributed by atoms with Crippen LogP contribution in [-0.4, -0.2) is 17.8 Å². The van der Waals surface area contributed by atoms with E-state index in [1.54, 1.807) is 0 Å². The van der Waals surface area contributed by atoms with Gasteiger partial charge >= 0.3 is 0 Å². The fraction of sp³-hybridized carbons (Fsp3) is 0.318. The zero-order valence-corrected chi connectivity index (χ0v) is 15.7. The van der Waals surface area contributed by atoms with E-state index in [4.69, 9.17) is 14.5 Å². The van der Waals surface area contributed by atoms with E-state index >= 15 is 0 Å². The van der Waals surface area contributed by atoms with Gasteiger partial charge in [0.1, 0.15) is 5.01 Å². The summed E-state index contributed by atoms with van der Waals surface area (Å²) in [5.74, 6) is 2.30. The maximum Gasteiger partial charge on any atom is 0.231 e. The second-order valence-corrected chi connectivity index (χ2v) is 8.66. The molecule has 2 atom stereocenters. The quantitative estimate of drug-likeness (QED) is 0.705. The van der Waals surface area contributed by atoms with E-state index in [-0.39, 0.29) is 0 Å². The van der Waals surface area contributed by atoms with Gasteiger partial charge in [-0.3, -0.25) is 0 Å². The zero-order chi connectivity index (χ0) is 17.8. The molecule has 3 aromatic rings. The highest BCUT2D eigenvalue weighted by atomic mass is 32.1. The van der Waals surface area contributed by atoms with Crippen molar-refractivity contribution in [2.24, 2.45) is 5.92 Å². The van der Waals surface area contributed by atoms with Crippen LogP contribution in [0.4, 0.5) is 5.69 Å². The molecule has 2 unspecified atom stereocenters. The fourth-order valence-electron chi connectivity index (χ4n) is 4.51. The van der Waals surface area contributed by atoms with Crippen molar-refractivity contribution in [3.05, 3.63) is 58.6 Å². The summed E-state index contributed by atoms with van der Waals surface area (Å²) < 4.78 is 10.9. The Labute approximate surface area is 162 Å². The summed E-state index contributed by atoms with van der Waals surface area (Å²) in [5.41, 5.74) is 5.18. The summed E-state index contributed by atoms with van der Waals surface area (Å²) in [4.78, 5) is 6.46. The van der Waals surface area contributed by atoms with Gasteiger partial charge in [-0.25, -0.2) is 4.98 Å². The number of aromatic nitrogens is 1. The number of para-hydroxylation sites is 1. The molecule has 2 aliphatic heterocycles. The number of ether oxygens (including phenoxy) is 2. The largest absolute Gasteiger partial charge is 0.454 e. The molecule has 0 spiro atoms. The molecule has 1 aromatic heterocycles. The second-order valence-electron chi connectivity index (χ2n) is 7.57. The summed E-state index contributed by atoms with van der Waals surface area (Å²) in [7, 11) is 0. The lowest BCUT2D eigenvalue weighted by atomic mass is 9.84. The van der Waals surface area contributed by atoms with Crippen molar-refractivity contribution in [2.45, 2.75) is 31.7 Å². The number of rotatable bonds is 2. The van der Waals surface area contributed by atoms with Crippen LogP contribution in [0.15, 0.2) is 42.5 Å². The topological polar surface area (TPSA) is 43.4 Å². The molecule has 0 amide bonds. The molecule has 0 saturated heterocycles. The van der Waals surface area contributed by atoms with Gasteiger partial charge in [0.15, 0.2) is 11.5 Å². The summed E-state index contributed by atoms with van der Waals surface area (Å²) in [6, 6.07) is 15.4. The number of anilines is 1. The monoisotopic (exact) mass is 376 g/mol. The van der Waals surface area contributed by atoms with Crippen molar-refractivity contribution in [2.75, 3.05) is 12.1 Å². The van der Waals surface area contributed by atoms with E-state index in [0.717, 1.165) is 41.3 Å². The Morgan fingerprint density at radius 1 is 1.04 bits per heavy atom. The first-order valence-electron chi connectivity index (χ1n) is 9.56. The van der Waals surface area contributed by atoms with Crippen LogP contribution in [0.3, 0.4) is 0 Å². The Balaban J connectivity index is 1.24. The highest BCUT2D eigenvalue weighted by molar-refractivity contribution is 7.15. The van der Waals surface area contributed by atoms with Crippen LogP contribution in [0.2, 0.25) is 0 Å². The van der Waals surface area contributed by atoms with E-state index in [0.29, 0.717) is 18.8 Å². The van der Waals surface area contributed by atoms with Gasteiger partial charge in [-0.15, -0.1) is 11.3 Å². The van der Waals surface area contributed by atoms with Crippen LogP contribution in [0, 0.1) is 5.92 Å². The van der Waals surface area contributed by atoms with Crippen molar-refractivity contribution < 1.29 is 9.47 Å². The molecule has 1 aliphatic carbocycles. The molecule has 0 saturated carbocycles. The third-order valence-corrected chi connectivity index (χ3v) is 7.17. The third kappa shape index (κ3) is 2.60. The van der Waals surface area contributed by atoms with E-state index in [9.17, 15) is 0 Å². The van der Waals surface area contributed by atoms with E-state index in [1.165, 1.54) is 28.2 Å². The molecule has 3 heterocycles. The average molecular weight is 376 g/mol. The maximum absolute atomic E-state index is 5.52. The Morgan fingerprint density at radius 3 is 2.93 bits per heavy atom. The van der Waals surface area contributed by atoms with Crippen molar-refractivity contribution in [1.29, 1.82) is 0 Å². The lowest BCUT2D eigenvalue weighted by Gasteiger charge is -2.27. The van der Waals surface area contributed by atoms with Gasteiger partial charge in [0.2, 0.25) is 6.79 Å². The fourth-order valence-corrected chi connectivity index (χ4v) is 5.61. The number of aryl methyl sites for hydroxylation is 1. The van der Waals surface area contributed by atoms with Crippen LogP contribution < -0.4 is 14.8 Å². The molecule has 0 fully saturated rings. The van der Waals surface area contributed by atoms with Crippen LogP contribution in [-0.2, 0) is 19.3 Å². The summed E-state index contributed by atoms with van der Waals surface area (Å²) >= 11 is 1.84. The van der Waals surface area contributed by atoms with Crippen LogP contribution in [0.25, 0.3) is 10.6 Å². The molecule has 2 aromatic carbocycles. The maximum atomic E-state index is 5.52. The van der Waals surface area contributed by atoms with Gasteiger partial charge in [0, 0.05) is 22.2 Å². The number of nitrogens with one attached hydrogen (secondary N) is 1. The minimum atomic E-state index is 0.311. The first kappa shape index (κ1) is 15.5. The van der Waals surface area contributed by atoms with Crippen molar-refractivity contribution in [3.8, 4) is 22.1 Å². The predicted molar refractivity (Wildman–Crippen MR) is 107 cm³/mol. The second kappa shape index (κ2) is 5.99. The van der Waals surface area contributed by atoms with E-state index in [1.807, 2.05) is 17.4 Å². The number of benzene rings is 2. The Kier molecular flexibility index (Phi) is 3.44. The first-order valence-corrected chi connectivity index (χ1v) is 10.4. The molecular formula is C22H20N2O2S. The Morgan fingerprint density at radius 2 is 1.96 bits per heavy atom. The number of fused-ring (bicyclic) bond motifs is 3. The highest BCUT2D eigenvalue weighted by Crippen LogP contribution is 2.41. The van der Waals surface area contributed by atoms with Gasteiger partial charge < -0.3 is 14.8 Å². The minimum absolute atomic E-state index is 0.311. The minimum Gasteiger partial charge on any atom is -0.454 e. The Bertz CT molecular complexity index is 1000. The average Bonchev–Trinajstić information content (AvgIpc) is 3.42. The van der Waals surface area contributed by atoms with Gasteiger partial charge in [0.05, 0.1) is 5.69 Å². The molecule has 1 N–H and O–H groups in total. The SMILES string of the molecule is c1ccc2c(c1)CC(C1CCc3sc(-c4ccc5c(c4)OCO5)nc3C1)N2. The molecule has 136 valence electrons. The van der Waals surface area contributed by atoms with Gasteiger partial charge in [-0.1, -0.05) is 18.2 Å². The number of nitrogens with zero attached hydrogens (tertiary/aromatic N) is 1. The van der Waals surface area contributed by atoms with Gasteiger partial charge in [-0.05, 0) is 61.4 Å². The number of hydrogen-bond acceptors (Lipinski definition) is 5. The summed E-state index contributed by atoms with van der Waals surface area (Å²) in [6.07, 6.45) is 4.58. The molecular weight excluding hydrogens is 356 g/mol. The molecule has 0 radical (unpaired) electrons. The normalized spacial score (nSPS) is 22.2. The lowest BCUT2D eigenvalue weighted by Crippen LogP contribution is -2.31. The van der Waals surface area contributed by atoms with Gasteiger partial charge in [-0.2, -0.15) is 0 Å². The molecule has 4 nitrogen and oxygen atoms in total. The standard InChI is InChI=1S/C22H20N2O2S/c1-2-4-16-13(3-1)9-17(23-16)14-6-8-21-18(10-14)24-22(27-21)15-5-7-19-20(11-15)26-12-25-19/h1-5,7,11,14,17,23H,6,8-10,12H2. The van der Waals surface area contributed by atoms with Gasteiger partial charge in [0.25, 0.3) is 0 Å². The lowest BCUT2D eigenvalue weighted by molar-refractivity contribution is 0.174. The van der Waals surface area contributed by atoms with Crippen molar-refractivity contribution in [1.82, 2.24) is 4.98 Å². The first-order chi connectivity index (χ1) is 13.3. The van der Waals surface area contributed by atoms with E-state index < -0.39 is 0 Å². The Hall–Kier alpha value is -2.53. The number of hydrogen-bond donors (Lipinski definition) is 1. The molecule has 3 aliphatic rings. The predicted octanol–water partition coefficient (Wildman–Crippen LogP) is 4.68. The smallest absolute Gasteiger partial charge is 0.231 e. The van der Waals surface area contributed by atoms with Crippen molar-refractivity contribution >= 4 is 17.0 Å². The van der Waals surface area contributed by atoms with Crippen LogP contribution >= 0.6 is 11.3 Å². The summed E-state index contributed by atoms with van der Waals surface area (Å²) in [5, 5.41) is 4.85. The molecule has 6 rings (SSSR count). The third-order valence-electron chi connectivity index (χ3n) is 5.96. The number of thiazole rings is 1. The molecule has 27 heavy (non-hydrogen) atoms. The zero-order valence-electron chi connectivity index (χ0n) is 14.9. The van der Waals surface area contributed by atoms with Crippen LogP contribution in [0.5, 0.6) is 11.5 Å². The molecule has 5 heteroatoms.